The van der Waals surface area contributed by atoms with Gasteiger partial charge in [0.25, 0.3) is 5.91 Å². The van der Waals surface area contributed by atoms with E-state index in [9.17, 15) is 18.0 Å². The summed E-state index contributed by atoms with van der Waals surface area (Å²) in [6.07, 6.45) is -4.66. The van der Waals surface area contributed by atoms with Crippen LogP contribution in [0.1, 0.15) is 33.9 Å². The van der Waals surface area contributed by atoms with E-state index in [0.29, 0.717) is 5.69 Å². The topological polar surface area (TPSA) is 59.0 Å². The van der Waals surface area contributed by atoms with E-state index in [-0.39, 0.29) is 17.9 Å². The predicted octanol–water partition coefficient (Wildman–Crippen LogP) is 5.62. The molecular formula is C18H14BrF3N4OS. The Bertz CT molecular complexity index is 985. The lowest BCUT2D eigenvalue weighted by Crippen LogP contribution is -2.35. The number of anilines is 2. The molecule has 0 unspecified atom stereocenters. The number of carbonyl (C=O) groups excluding carboxylic acids is 1. The smallest absolute Gasteiger partial charge is 0.363 e. The van der Waals surface area contributed by atoms with Crippen LogP contribution in [0.5, 0.6) is 0 Å². The van der Waals surface area contributed by atoms with Crippen molar-refractivity contribution in [3.63, 3.8) is 0 Å². The molecule has 1 amide bonds. The number of nitrogens with one attached hydrogen (secondary N) is 2. The molecule has 1 aliphatic heterocycles. The molecule has 0 radical (unpaired) electrons. The highest BCUT2D eigenvalue weighted by Crippen LogP contribution is 2.44. The average molecular weight is 471 g/mol. The Morgan fingerprint density at radius 1 is 1.29 bits per heavy atom. The molecule has 2 atom stereocenters. The summed E-state index contributed by atoms with van der Waals surface area (Å²) in [6.45, 7) is 0. The van der Waals surface area contributed by atoms with E-state index in [2.05, 4.69) is 31.7 Å². The SMILES string of the molecule is O=C(Nc1ccc(Br)cc1)c1cc2n(n1)[C@@H](C(F)(F)F)C[C@@H](c1cccs1)N2. The molecule has 0 fully saturated rings. The van der Waals surface area contributed by atoms with E-state index in [1.807, 2.05) is 5.38 Å². The molecule has 3 aromatic rings. The Labute approximate surface area is 170 Å². The molecule has 10 heteroatoms. The maximum atomic E-state index is 13.6. The summed E-state index contributed by atoms with van der Waals surface area (Å²) in [5, 5.41) is 11.5. The first-order chi connectivity index (χ1) is 13.3. The van der Waals surface area contributed by atoms with Gasteiger partial charge in [-0.15, -0.1) is 11.3 Å². The number of alkyl halides is 3. The van der Waals surface area contributed by atoms with E-state index in [4.69, 9.17) is 0 Å². The van der Waals surface area contributed by atoms with Crippen molar-refractivity contribution in [1.82, 2.24) is 9.78 Å². The molecule has 3 heterocycles. The highest BCUT2D eigenvalue weighted by molar-refractivity contribution is 9.10. The van der Waals surface area contributed by atoms with Gasteiger partial charge in [-0.25, -0.2) is 4.68 Å². The number of fused-ring (bicyclic) bond motifs is 1. The van der Waals surface area contributed by atoms with Crippen LogP contribution in [-0.4, -0.2) is 21.9 Å². The Kier molecular flexibility index (Phi) is 4.92. The second-order valence-electron chi connectivity index (χ2n) is 6.33. The number of hydrogen-bond donors (Lipinski definition) is 2. The van der Waals surface area contributed by atoms with Crippen LogP contribution in [0, 0.1) is 0 Å². The number of benzene rings is 1. The number of carbonyl (C=O) groups is 1. The highest BCUT2D eigenvalue weighted by atomic mass is 79.9. The summed E-state index contributed by atoms with van der Waals surface area (Å²) in [5.41, 5.74) is 0.447. The zero-order valence-corrected chi connectivity index (χ0v) is 16.6. The van der Waals surface area contributed by atoms with E-state index in [1.165, 1.54) is 17.4 Å². The molecule has 146 valence electrons. The Morgan fingerprint density at radius 2 is 2.04 bits per heavy atom. The zero-order chi connectivity index (χ0) is 19.9. The first-order valence-corrected chi connectivity index (χ1v) is 10.0. The summed E-state index contributed by atoms with van der Waals surface area (Å²) in [5.74, 6) is -0.396. The van der Waals surface area contributed by atoms with E-state index in [0.717, 1.165) is 14.0 Å². The third-order valence-corrected chi connectivity index (χ3v) is 5.93. The molecule has 28 heavy (non-hydrogen) atoms. The number of amides is 1. The summed E-state index contributed by atoms with van der Waals surface area (Å²) in [7, 11) is 0. The molecular weight excluding hydrogens is 457 g/mol. The predicted molar refractivity (Wildman–Crippen MR) is 105 cm³/mol. The number of halogens is 4. The lowest BCUT2D eigenvalue weighted by Gasteiger charge is -2.32. The van der Waals surface area contributed by atoms with Gasteiger partial charge in [0.05, 0.1) is 6.04 Å². The molecule has 0 spiro atoms. The number of nitrogens with zero attached hydrogens (tertiary/aromatic N) is 2. The van der Waals surface area contributed by atoms with Crippen molar-refractivity contribution >= 4 is 44.7 Å². The first kappa shape index (κ1) is 19.0. The van der Waals surface area contributed by atoms with Crippen molar-refractivity contribution in [3.8, 4) is 0 Å². The minimum atomic E-state index is -4.47. The van der Waals surface area contributed by atoms with Crippen LogP contribution < -0.4 is 10.6 Å². The molecule has 1 aromatic carbocycles. The van der Waals surface area contributed by atoms with Gasteiger partial charge in [-0.1, -0.05) is 22.0 Å². The van der Waals surface area contributed by atoms with Crippen LogP contribution in [-0.2, 0) is 0 Å². The van der Waals surface area contributed by atoms with Gasteiger partial charge in [0, 0.05) is 27.5 Å². The lowest BCUT2D eigenvalue weighted by molar-refractivity contribution is -0.173. The van der Waals surface area contributed by atoms with E-state index >= 15 is 0 Å². The second-order valence-corrected chi connectivity index (χ2v) is 8.22. The molecule has 2 N–H and O–H groups in total. The fourth-order valence-electron chi connectivity index (χ4n) is 3.09. The number of rotatable bonds is 3. The molecule has 0 saturated heterocycles. The average Bonchev–Trinajstić information content (AvgIpc) is 3.31. The summed E-state index contributed by atoms with van der Waals surface area (Å²) >= 11 is 4.69. The number of thiophene rings is 1. The van der Waals surface area contributed by atoms with Crippen molar-refractivity contribution < 1.29 is 18.0 Å². The fraction of sp³-hybridized carbons (Fsp3) is 0.222. The van der Waals surface area contributed by atoms with Gasteiger partial charge in [0.15, 0.2) is 11.7 Å². The minimum absolute atomic E-state index is 0.0773. The zero-order valence-electron chi connectivity index (χ0n) is 14.2. The van der Waals surface area contributed by atoms with Gasteiger partial charge in [-0.05, 0) is 35.7 Å². The lowest BCUT2D eigenvalue weighted by atomic mass is 10.0. The minimum Gasteiger partial charge on any atom is -0.363 e. The van der Waals surface area contributed by atoms with Crippen molar-refractivity contribution in [2.45, 2.75) is 24.7 Å². The van der Waals surface area contributed by atoms with Crippen LogP contribution in [0.3, 0.4) is 0 Å². The third-order valence-electron chi connectivity index (χ3n) is 4.41. The summed E-state index contributed by atoms with van der Waals surface area (Å²) in [6, 6.07) is 9.52. The molecule has 1 aliphatic rings. The van der Waals surface area contributed by atoms with Crippen LogP contribution >= 0.6 is 27.3 Å². The maximum absolute atomic E-state index is 13.6. The first-order valence-electron chi connectivity index (χ1n) is 8.34. The van der Waals surface area contributed by atoms with Gasteiger partial charge >= 0.3 is 6.18 Å². The molecule has 0 aliphatic carbocycles. The van der Waals surface area contributed by atoms with Gasteiger partial charge in [-0.3, -0.25) is 4.79 Å². The molecule has 0 bridgehead atoms. The maximum Gasteiger partial charge on any atom is 0.410 e. The van der Waals surface area contributed by atoms with E-state index < -0.39 is 24.2 Å². The fourth-order valence-corrected chi connectivity index (χ4v) is 4.14. The Balaban J connectivity index is 1.63. The summed E-state index contributed by atoms with van der Waals surface area (Å²) < 4.78 is 42.6. The molecule has 2 aromatic heterocycles. The second kappa shape index (κ2) is 7.25. The third kappa shape index (κ3) is 3.79. The normalized spacial score (nSPS) is 19.0. The monoisotopic (exact) mass is 470 g/mol. The number of aromatic nitrogens is 2. The van der Waals surface area contributed by atoms with Crippen LogP contribution in [0.25, 0.3) is 0 Å². The van der Waals surface area contributed by atoms with Crippen molar-refractivity contribution in [2.24, 2.45) is 0 Å². The van der Waals surface area contributed by atoms with Crippen molar-refractivity contribution in [3.05, 3.63) is 62.9 Å². The van der Waals surface area contributed by atoms with Crippen LogP contribution in [0.2, 0.25) is 0 Å². The quantitative estimate of drug-likeness (QED) is 0.522. The molecule has 0 saturated carbocycles. The molecule has 4 rings (SSSR count). The van der Waals surface area contributed by atoms with Crippen LogP contribution in [0.15, 0.2) is 52.3 Å². The van der Waals surface area contributed by atoms with Gasteiger partial charge < -0.3 is 10.6 Å². The highest BCUT2D eigenvalue weighted by Gasteiger charge is 2.47. The molecule has 5 nitrogen and oxygen atoms in total. The Morgan fingerprint density at radius 3 is 2.68 bits per heavy atom. The largest absolute Gasteiger partial charge is 0.410 e. The van der Waals surface area contributed by atoms with Gasteiger partial charge in [-0.2, -0.15) is 18.3 Å². The standard InChI is InChI=1S/C18H14BrF3N4OS/c19-10-3-5-11(6-4-10)23-17(27)13-9-16-24-12(14-2-1-7-28-14)8-15(18(20,21)22)26(16)25-13/h1-7,9,12,15,24H,8H2,(H,23,27)/t12-,15+/m0/s1. The Hall–Kier alpha value is -2.33. The summed E-state index contributed by atoms with van der Waals surface area (Å²) in [4.78, 5) is 13.3. The van der Waals surface area contributed by atoms with E-state index in [1.54, 1.807) is 36.4 Å². The number of hydrogen-bond acceptors (Lipinski definition) is 4. The van der Waals surface area contributed by atoms with Crippen molar-refractivity contribution in [2.75, 3.05) is 10.6 Å². The van der Waals surface area contributed by atoms with Gasteiger partial charge in [0.1, 0.15) is 5.82 Å². The van der Waals surface area contributed by atoms with Crippen LogP contribution in [0.4, 0.5) is 24.7 Å². The van der Waals surface area contributed by atoms with Crippen molar-refractivity contribution in [1.29, 1.82) is 0 Å². The van der Waals surface area contributed by atoms with Gasteiger partial charge in [0.2, 0.25) is 0 Å².